The summed E-state index contributed by atoms with van der Waals surface area (Å²) in [5, 5.41) is 3.92. The van der Waals surface area contributed by atoms with Crippen LogP contribution in [0.3, 0.4) is 0 Å². The number of halogens is 1. The molecule has 0 saturated carbocycles. The lowest BCUT2D eigenvalue weighted by Gasteiger charge is -2.41. The van der Waals surface area contributed by atoms with Crippen LogP contribution in [-0.2, 0) is 11.0 Å². The third-order valence-corrected chi connectivity index (χ3v) is 6.51. The topological polar surface area (TPSA) is 47.9 Å². The van der Waals surface area contributed by atoms with E-state index in [4.69, 9.17) is 11.6 Å². The highest BCUT2D eigenvalue weighted by molar-refractivity contribution is 7.84. The van der Waals surface area contributed by atoms with Crippen molar-refractivity contribution in [3.63, 3.8) is 0 Å². The molecule has 1 aromatic carbocycles. The van der Waals surface area contributed by atoms with Crippen LogP contribution in [0.1, 0.15) is 32.1 Å². The molecule has 24 heavy (non-hydrogen) atoms. The minimum atomic E-state index is -1.38. The molecule has 3 heterocycles. The van der Waals surface area contributed by atoms with Gasteiger partial charge >= 0.3 is 0 Å². The third kappa shape index (κ3) is 3.32. The summed E-state index contributed by atoms with van der Waals surface area (Å²) in [4.78, 5) is 5.55. The van der Waals surface area contributed by atoms with Crippen LogP contribution in [0, 0.1) is 0 Å². The molecule has 1 atom stereocenters. The molecule has 0 amide bonds. The predicted octanol–water partition coefficient (Wildman–Crippen LogP) is 3.09. The monoisotopic (exact) mass is 366 g/mol. The Bertz CT molecular complexity index is 667. The van der Waals surface area contributed by atoms with Crippen LogP contribution in [-0.4, -0.2) is 52.2 Å². The average molecular weight is 367 g/mol. The number of nitrogens with zero attached hydrogens (tertiary/aromatic N) is 3. The summed E-state index contributed by atoms with van der Waals surface area (Å²) in [5.74, 6) is 0.736. The summed E-state index contributed by atoms with van der Waals surface area (Å²) < 4.78 is 16.7. The molecule has 1 aromatic rings. The first-order valence-electron chi connectivity index (χ1n) is 8.77. The first-order chi connectivity index (χ1) is 11.7. The van der Waals surface area contributed by atoms with Gasteiger partial charge in [0, 0.05) is 24.2 Å². The van der Waals surface area contributed by atoms with E-state index in [-0.39, 0.29) is 0 Å². The zero-order valence-corrected chi connectivity index (χ0v) is 15.3. The van der Waals surface area contributed by atoms with Gasteiger partial charge in [-0.3, -0.25) is 0 Å². The van der Waals surface area contributed by atoms with Gasteiger partial charge in [0.25, 0.3) is 0 Å². The molecule has 130 valence electrons. The number of piperidine rings is 2. The molecule has 1 unspecified atom stereocenters. The molecule has 0 bridgehead atoms. The van der Waals surface area contributed by atoms with Crippen LogP contribution in [0.15, 0.2) is 27.5 Å². The van der Waals surface area contributed by atoms with E-state index in [0.717, 1.165) is 37.6 Å². The van der Waals surface area contributed by atoms with Gasteiger partial charge in [-0.15, -0.1) is 4.40 Å². The highest BCUT2D eigenvalue weighted by Gasteiger charge is 2.29. The minimum absolute atomic E-state index is 0.588. The summed E-state index contributed by atoms with van der Waals surface area (Å²) in [6, 6.07) is 6.12. The van der Waals surface area contributed by atoms with Crippen molar-refractivity contribution in [2.75, 3.05) is 31.5 Å². The van der Waals surface area contributed by atoms with E-state index >= 15 is 0 Å². The number of hydrogen-bond donors (Lipinski definition) is 1. The van der Waals surface area contributed by atoms with Gasteiger partial charge in [-0.1, -0.05) is 18.0 Å². The number of hydrogen-bond acceptors (Lipinski definition) is 4. The second kappa shape index (κ2) is 7.02. The van der Waals surface area contributed by atoms with Gasteiger partial charge in [0.1, 0.15) is 0 Å². The highest BCUT2D eigenvalue weighted by Crippen LogP contribution is 2.29. The molecule has 5 nitrogen and oxygen atoms in total. The van der Waals surface area contributed by atoms with E-state index in [1.165, 1.54) is 32.4 Å². The van der Waals surface area contributed by atoms with Crippen molar-refractivity contribution in [2.45, 2.75) is 43.0 Å². The van der Waals surface area contributed by atoms with Crippen molar-refractivity contribution >= 4 is 34.2 Å². The Morgan fingerprint density at radius 2 is 1.88 bits per heavy atom. The molecule has 2 saturated heterocycles. The predicted molar refractivity (Wildman–Crippen MR) is 98.9 cm³/mol. The zero-order chi connectivity index (χ0) is 16.5. The van der Waals surface area contributed by atoms with E-state index < -0.39 is 11.0 Å². The van der Waals surface area contributed by atoms with E-state index in [1.807, 2.05) is 12.1 Å². The maximum Gasteiger partial charge on any atom is 0.213 e. The Kier molecular flexibility index (Phi) is 4.79. The van der Waals surface area contributed by atoms with Crippen molar-refractivity contribution in [3.8, 4) is 0 Å². The lowest BCUT2D eigenvalue weighted by Crippen LogP contribution is -2.50. The lowest BCUT2D eigenvalue weighted by molar-refractivity contribution is 0.115. The van der Waals surface area contributed by atoms with E-state index in [1.54, 1.807) is 6.07 Å². The summed E-state index contributed by atoms with van der Waals surface area (Å²) in [6.07, 6.45) is 6.37. The van der Waals surface area contributed by atoms with Crippen molar-refractivity contribution in [2.24, 2.45) is 4.40 Å². The van der Waals surface area contributed by atoms with E-state index in [2.05, 4.69) is 19.5 Å². The fourth-order valence-corrected chi connectivity index (χ4v) is 5.07. The molecule has 0 radical (unpaired) electrons. The SMILES string of the molecule is O=S1N=C(N2CCC(N3CCCCC3)CC2)Nc2ccc(Cl)cc21. The van der Waals surface area contributed by atoms with Gasteiger partial charge in [0.15, 0.2) is 11.0 Å². The second-order valence-electron chi connectivity index (χ2n) is 6.74. The Morgan fingerprint density at radius 3 is 2.62 bits per heavy atom. The van der Waals surface area contributed by atoms with Crippen LogP contribution in [0.4, 0.5) is 5.69 Å². The van der Waals surface area contributed by atoms with Gasteiger partial charge in [-0.25, -0.2) is 4.21 Å². The summed E-state index contributed by atoms with van der Waals surface area (Å²) >= 11 is 5.99. The van der Waals surface area contributed by atoms with E-state index in [0.29, 0.717) is 16.0 Å². The molecule has 7 heteroatoms. The number of rotatable bonds is 1. The van der Waals surface area contributed by atoms with Crippen molar-refractivity contribution in [1.82, 2.24) is 9.80 Å². The molecule has 0 spiro atoms. The van der Waals surface area contributed by atoms with Gasteiger partial charge in [-0.05, 0) is 57.0 Å². The van der Waals surface area contributed by atoms with Crippen LogP contribution in [0.25, 0.3) is 0 Å². The molecule has 4 rings (SSSR count). The number of benzene rings is 1. The minimum Gasteiger partial charge on any atom is -0.342 e. The highest BCUT2D eigenvalue weighted by atomic mass is 35.5. The smallest absolute Gasteiger partial charge is 0.213 e. The fourth-order valence-electron chi connectivity index (χ4n) is 3.88. The molecule has 2 fully saturated rings. The first-order valence-corrected chi connectivity index (χ1v) is 10.3. The second-order valence-corrected chi connectivity index (χ2v) is 8.30. The van der Waals surface area contributed by atoms with Gasteiger partial charge in [-0.2, -0.15) is 0 Å². The standard InChI is InChI=1S/C17H23ClN4OS/c18-13-4-5-15-16(12-13)24(23)20-17(19-15)22-10-6-14(7-11-22)21-8-2-1-3-9-21/h4-5,12,14H,1-3,6-11H2,(H,19,20). The number of nitrogens with one attached hydrogen (secondary N) is 1. The number of guanidine groups is 1. The normalized spacial score (nSPS) is 25.8. The number of fused-ring (bicyclic) bond motifs is 1. The van der Waals surface area contributed by atoms with Crippen molar-refractivity contribution in [3.05, 3.63) is 23.2 Å². The first kappa shape index (κ1) is 16.4. The molecule has 0 aliphatic carbocycles. The van der Waals surface area contributed by atoms with E-state index in [9.17, 15) is 4.21 Å². The zero-order valence-electron chi connectivity index (χ0n) is 13.7. The summed E-state index contributed by atoms with van der Waals surface area (Å²) in [7, 11) is -1.38. The Balaban J connectivity index is 1.41. The summed E-state index contributed by atoms with van der Waals surface area (Å²) in [5.41, 5.74) is 0.848. The van der Waals surface area contributed by atoms with Crippen LogP contribution in [0.2, 0.25) is 5.02 Å². The molecular weight excluding hydrogens is 344 g/mol. The quantitative estimate of drug-likeness (QED) is 0.829. The maximum absolute atomic E-state index is 12.4. The lowest BCUT2D eigenvalue weighted by atomic mass is 10.00. The Morgan fingerprint density at radius 1 is 1.12 bits per heavy atom. The fraction of sp³-hybridized carbons (Fsp3) is 0.588. The Hall–Kier alpha value is -1.11. The van der Waals surface area contributed by atoms with Crippen molar-refractivity contribution in [1.29, 1.82) is 0 Å². The largest absolute Gasteiger partial charge is 0.342 e. The van der Waals surface area contributed by atoms with Crippen LogP contribution >= 0.6 is 11.6 Å². The third-order valence-electron chi connectivity index (χ3n) is 5.22. The molecular formula is C17H23ClN4OS. The average Bonchev–Trinajstić information content (AvgIpc) is 2.63. The summed E-state index contributed by atoms with van der Waals surface area (Å²) in [6.45, 7) is 4.43. The van der Waals surface area contributed by atoms with Gasteiger partial charge < -0.3 is 15.1 Å². The van der Waals surface area contributed by atoms with Crippen molar-refractivity contribution < 1.29 is 4.21 Å². The number of anilines is 1. The van der Waals surface area contributed by atoms with Gasteiger partial charge in [0.05, 0.1) is 10.6 Å². The van der Waals surface area contributed by atoms with Crippen LogP contribution < -0.4 is 5.32 Å². The molecule has 0 aromatic heterocycles. The molecule has 1 N–H and O–H groups in total. The van der Waals surface area contributed by atoms with Gasteiger partial charge in [0.2, 0.25) is 5.96 Å². The molecule has 3 aliphatic heterocycles. The number of likely N-dealkylation sites (tertiary alicyclic amines) is 2. The Labute approximate surface area is 150 Å². The molecule has 3 aliphatic rings. The van der Waals surface area contributed by atoms with Crippen LogP contribution in [0.5, 0.6) is 0 Å². The maximum atomic E-state index is 12.4.